The fourth-order valence-corrected chi connectivity index (χ4v) is 3.05. The molecule has 8 heteroatoms. The van der Waals surface area contributed by atoms with Crippen molar-refractivity contribution < 1.29 is 19.1 Å². The van der Waals surface area contributed by atoms with Gasteiger partial charge in [0, 0.05) is 18.2 Å². The van der Waals surface area contributed by atoms with Crippen LogP contribution in [0.2, 0.25) is 0 Å². The Bertz CT molecular complexity index is 1020. The molecule has 0 fully saturated rings. The first-order chi connectivity index (χ1) is 12.0. The van der Waals surface area contributed by atoms with Crippen LogP contribution in [-0.4, -0.2) is 24.0 Å². The van der Waals surface area contributed by atoms with Crippen LogP contribution in [0.4, 0.5) is 5.69 Å². The molecule has 0 bridgehead atoms. The van der Waals surface area contributed by atoms with Crippen LogP contribution in [0.25, 0.3) is 10.2 Å². The number of aromatic nitrogens is 1. The lowest BCUT2D eigenvalue weighted by Crippen LogP contribution is -2.12. The zero-order chi connectivity index (χ0) is 18.0. The third kappa shape index (κ3) is 3.69. The van der Waals surface area contributed by atoms with Crippen molar-refractivity contribution in [2.45, 2.75) is 6.92 Å². The summed E-state index contributed by atoms with van der Waals surface area (Å²) in [4.78, 5) is 37.4. The highest BCUT2D eigenvalue weighted by Crippen LogP contribution is 2.29. The zero-order valence-corrected chi connectivity index (χ0v) is 14.2. The van der Waals surface area contributed by atoms with Gasteiger partial charge in [-0.3, -0.25) is 14.4 Å². The van der Waals surface area contributed by atoms with Crippen molar-refractivity contribution in [3.05, 3.63) is 51.6 Å². The van der Waals surface area contributed by atoms with Crippen LogP contribution in [0, 0.1) is 0 Å². The molecule has 0 spiro atoms. The van der Waals surface area contributed by atoms with Gasteiger partial charge >= 0.3 is 10.8 Å². The van der Waals surface area contributed by atoms with E-state index in [1.165, 1.54) is 32.2 Å². The third-order valence-corrected chi connectivity index (χ3v) is 4.20. The van der Waals surface area contributed by atoms with Crippen LogP contribution in [-0.2, 0) is 4.79 Å². The van der Waals surface area contributed by atoms with Crippen LogP contribution in [0.3, 0.4) is 0 Å². The SMILES string of the molecule is COc1cc(C(=O)Nc2ccc3[nH]c(=O)sc3c2)ccc1OC(C)=O. The van der Waals surface area contributed by atoms with Crippen molar-refractivity contribution >= 4 is 39.1 Å². The summed E-state index contributed by atoms with van der Waals surface area (Å²) in [6.45, 7) is 1.28. The van der Waals surface area contributed by atoms with E-state index in [4.69, 9.17) is 9.47 Å². The van der Waals surface area contributed by atoms with Gasteiger partial charge in [-0.05, 0) is 36.4 Å². The van der Waals surface area contributed by atoms with Crippen molar-refractivity contribution in [3.63, 3.8) is 0 Å². The Labute approximate surface area is 146 Å². The largest absolute Gasteiger partial charge is 0.493 e. The second-order valence-corrected chi connectivity index (χ2v) is 6.15. The number of benzene rings is 2. The summed E-state index contributed by atoms with van der Waals surface area (Å²) in [7, 11) is 1.42. The van der Waals surface area contributed by atoms with E-state index in [1.807, 2.05) is 0 Å². The quantitative estimate of drug-likeness (QED) is 0.552. The number of hydrogen-bond acceptors (Lipinski definition) is 6. The number of carbonyl (C=O) groups is 2. The summed E-state index contributed by atoms with van der Waals surface area (Å²) in [5.74, 6) is -0.309. The summed E-state index contributed by atoms with van der Waals surface area (Å²) >= 11 is 1.07. The zero-order valence-electron chi connectivity index (χ0n) is 13.4. The Balaban J connectivity index is 1.84. The maximum atomic E-state index is 12.4. The average molecular weight is 358 g/mol. The summed E-state index contributed by atoms with van der Waals surface area (Å²) in [5.41, 5.74) is 1.63. The van der Waals surface area contributed by atoms with Crippen LogP contribution in [0.15, 0.2) is 41.2 Å². The number of rotatable bonds is 4. The van der Waals surface area contributed by atoms with Crippen LogP contribution in [0.1, 0.15) is 17.3 Å². The number of H-pyrrole nitrogens is 1. The van der Waals surface area contributed by atoms with Gasteiger partial charge in [0.1, 0.15) is 0 Å². The maximum Gasteiger partial charge on any atom is 0.308 e. The molecule has 3 aromatic rings. The highest BCUT2D eigenvalue weighted by atomic mass is 32.1. The smallest absolute Gasteiger partial charge is 0.308 e. The molecule has 1 heterocycles. The molecule has 2 N–H and O–H groups in total. The number of methoxy groups -OCH3 is 1. The van der Waals surface area contributed by atoms with Gasteiger partial charge in [0.15, 0.2) is 11.5 Å². The molecule has 0 atom stereocenters. The lowest BCUT2D eigenvalue weighted by atomic mass is 10.2. The standard InChI is InChI=1S/C17H14N2O5S/c1-9(20)24-13-6-3-10(7-14(13)23-2)16(21)18-11-4-5-12-15(8-11)25-17(22)19-12/h3-8H,1-2H3,(H,18,21)(H,19,22). The van der Waals surface area contributed by atoms with E-state index in [9.17, 15) is 14.4 Å². The first kappa shape index (κ1) is 16.7. The predicted octanol–water partition coefficient (Wildman–Crippen LogP) is 2.78. The summed E-state index contributed by atoms with van der Waals surface area (Å²) in [6, 6.07) is 9.67. The van der Waals surface area contributed by atoms with E-state index in [-0.39, 0.29) is 22.3 Å². The van der Waals surface area contributed by atoms with Crippen molar-refractivity contribution in [2.24, 2.45) is 0 Å². The van der Waals surface area contributed by atoms with Gasteiger partial charge in [0.2, 0.25) is 0 Å². The van der Waals surface area contributed by atoms with E-state index in [0.717, 1.165) is 21.6 Å². The summed E-state index contributed by atoms with van der Waals surface area (Å²) < 4.78 is 10.9. The molecular formula is C17H14N2O5S. The number of anilines is 1. The normalized spacial score (nSPS) is 10.5. The first-order valence-corrected chi connectivity index (χ1v) is 8.08. The highest BCUT2D eigenvalue weighted by molar-refractivity contribution is 7.16. The number of aromatic amines is 1. The topological polar surface area (TPSA) is 97.5 Å². The molecule has 0 unspecified atom stereocenters. The van der Waals surface area contributed by atoms with E-state index in [1.54, 1.807) is 18.2 Å². The fraction of sp³-hybridized carbons (Fsp3) is 0.118. The van der Waals surface area contributed by atoms with Crippen LogP contribution < -0.4 is 19.7 Å². The van der Waals surface area contributed by atoms with Crippen LogP contribution >= 0.6 is 11.3 Å². The van der Waals surface area contributed by atoms with Gasteiger partial charge in [-0.15, -0.1) is 0 Å². The number of ether oxygens (including phenoxy) is 2. The first-order valence-electron chi connectivity index (χ1n) is 7.27. The predicted molar refractivity (Wildman–Crippen MR) is 94.7 cm³/mol. The Morgan fingerprint density at radius 3 is 2.64 bits per heavy atom. The number of esters is 1. The molecule has 7 nitrogen and oxygen atoms in total. The van der Waals surface area contributed by atoms with Gasteiger partial charge in [-0.25, -0.2) is 0 Å². The molecular weight excluding hydrogens is 344 g/mol. The van der Waals surface area contributed by atoms with E-state index in [2.05, 4.69) is 10.3 Å². The monoisotopic (exact) mass is 358 g/mol. The van der Waals surface area contributed by atoms with E-state index < -0.39 is 5.97 Å². The molecule has 0 aliphatic rings. The van der Waals surface area contributed by atoms with Gasteiger partial charge in [-0.1, -0.05) is 11.3 Å². The number of fused-ring (bicyclic) bond motifs is 1. The molecule has 0 radical (unpaired) electrons. The third-order valence-electron chi connectivity index (χ3n) is 3.36. The van der Waals surface area contributed by atoms with Crippen LogP contribution in [0.5, 0.6) is 11.5 Å². The number of carbonyl (C=O) groups excluding carboxylic acids is 2. The minimum absolute atomic E-state index is 0.149. The molecule has 1 amide bonds. The van der Waals surface area contributed by atoms with Crippen molar-refractivity contribution in [1.82, 2.24) is 4.98 Å². The highest BCUT2D eigenvalue weighted by Gasteiger charge is 2.13. The number of nitrogens with one attached hydrogen (secondary N) is 2. The number of amides is 1. The van der Waals surface area contributed by atoms with Gasteiger partial charge in [0.05, 0.1) is 17.3 Å². The molecule has 2 aromatic carbocycles. The lowest BCUT2D eigenvalue weighted by molar-refractivity contribution is -0.132. The second-order valence-electron chi connectivity index (χ2n) is 5.14. The van der Waals surface area contributed by atoms with Crippen molar-refractivity contribution in [2.75, 3.05) is 12.4 Å². The molecule has 25 heavy (non-hydrogen) atoms. The van der Waals surface area contributed by atoms with Crippen molar-refractivity contribution in [3.8, 4) is 11.5 Å². The Kier molecular flexibility index (Phi) is 4.53. The molecule has 128 valence electrons. The number of thiazole rings is 1. The van der Waals surface area contributed by atoms with Gasteiger partial charge < -0.3 is 19.8 Å². The molecule has 0 saturated heterocycles. The second kappa shape index (κ2) is 6.78. The molecule has 1 aromatic heterocycles. The van der Waals surface area contributed by atoms with Gasteiger partial charge in [0.25, 0.3) is 5.91 Å². The van der Waals surface area contributed by atoms with E-state index in [0.29, 0.717) is 11.3 Å². The molecule has 3 rings (SSSR count). The maximum absolute atomic E-state index is 12.4. The summed E-state index contributed by atoms with van der Waals surface area (Å²) in [6.07, 6.45) is 0. The van der Waals surface area contributed by atoms with Crippen molar-refractivity contribution in [1.29, 1.82) is 0 Å². The Morgan fingerprint density at radius 1 is 1.12 bits per heavy atom. The minimum Gasteiger partial charge on any atom is -0.493 e. The van der Waals surface area contributed by atoms with Gasteiger partial charge in [-0.2, -0.15) is 0 Å². The number of hydrogen-bond donors (Lipinski definition) is 2. The molecule has 0 aliphatic heterocycles. The Hall–Kier alpha value is -3.13. The fourth-order valence-electron chi connectivity index (χ4n) is 2.27. The Morgan fingerprint density at radius 2 is 1.92 bits per heavy atom. The minimum atomic E-state index is -0.478. The average Bonchev–Trinajstić information content (AvgIpc) is 2.94. The molecule has 0 aliphatic carbocycles. The lowest BCUT2D eigenvalue weighted by Gasteiger charge is -2.10. The summed E-state index contributed by atoms with van der Waals surface area (Å²) in [5, 5.41) is 2.76. The van der Waals surface area contributed by atoms with E-state index >= 15 is 0 Å². The molecule has 0 saturated carbocycles.